The zero-order chi connectivity index (χ0) is 13.3. The van der Waals surface area contributed by atoms with Crippen molar-refractivity contribution in [3.8, 4) is 11.5 Å². The van der Waals surface area contributed by atoms with Crippen molar-refractivity contribution < 1.29 is 9.47 Å². The molecule has 0 radical (unpaired) electrons. The van der Waals surface area contributed by atoms with E-state index in [0.717, 1.165) is 17.1 Å². The van der Waals surface area contributed by atoms with Gasteiger partial charge in [-0.2, -0.15) is 0 Å². The molecule has 0 aliphatic carbocycles. The van der Waals surface area contributed by atoms with E-state index in [1.165, 1.54) is 0 Å². The van der Waals surface area contributed by atoms with Crippen LogP contribution in [-0.2, 0) is 5.41 Å². The Morgan fingerprint density at radius 1 is 0.941 bits per heavy atom. The van der Waals surface area contributed by atoms with Crippen LogP contribution in [0.3, 0.4) is 0 Å². The average Bonchev–Trinajstić information content (AvgIpc) is 2.26. The standard InChI is InChI=1S/C14H23NO2/c1-13(2,14(3,4)15)10-7-8-11(16-5)12(9-10)17-6/h7-9H,15H2,1-6H3. The molecule has 2 N–H and O–H groups in total. The second-order valence-corrected chi connectivity index (χ2v) is 5.42. The van der Waals surface area contributed by atoms with Gasteiger partial charge in [-0.3, -0.25) is 0 Å². The van der Waals surface area contributed by atoms with Crippen molar-refractivity contribution in [2.24, 2.45) is 5.73 Å². The number of nitrogens with two attached hydrogens (primary N) is 1. The Bertz CT molecular complexity index is 392. The highest BCUT2D eigenvalue weighted by Gasteiger charge is 2.35. The molecule has 0 bridgehead atoms. The molecular weight excluding hydrogens is 214 g/mol. The van der Waals surface area contributed by atoms with E-state index in [-0.39, 0.29) is 11.0 Å². The van der Waals surface area contributed by atoms with Crippen LogP contribution < -0.4 is 15.2 Å². The molecule has 0 amide bonds. The lowest BCUT2D eigenvalue weighted by molar-refractivity contribution is 0.303. The van der Waals surface area contributed by atoms with E-state index in [4.69, 9.17) is 15.2 Å². The minimum Gasteiger partial charge on any atom is -0.493 e. The summed E-state index contributed by atoms with van der Waals surface area (Å²) in [4.78, 5) is 0. The Morgan fingerprint density at radius 3 is 1.88 bits per heavy atom. The molecule has 1 aromatic carbocycles. The summed E-state index contributed by atoms with van der Waals surface area (Å²) in [5.74, 6) is 1.48. The zero-order valence-electron chi connectivity index (χ0n) is 11.6. The molecule has 0 unspecified atom stereocenters. The van der Waals surface area contributed by atoms with Crippen molar-refractivity contribution >= 4 is 0 Å². The summed E-state index contributed by atoms with van der Waals surface area (Å²) in [5.41, 5.74) is 6.92. The zero-order valence-corrected chi connectivity index (χ0v) is 11.6. The van der Waals surface area contributed by atoms with Crippen LogP contribution in [0.1, 0.15) is 33.3 Å². The van der Waals surface area contributed by atoms with Crippen LogP contribution in [-0.4, -0.2) is 19.8 Å². The Balaban J connectivity index is 3.25. The largest absolute Gasteiger partial charge is 0.493 e. The lowest BCUT2D eigenvalue weighted by Crippen LogP contribution is -2.50. The minimum absolute atomic E-state index is 0.146. The minimum atomic E-state index is -0.313. The predicted octanol–water partition coefficient (Wildman–Crippen LogP) is 2.72. The summed E-state index contributed by atoms with van der Waals surface area (Å²) in [5, 5.41) is 0. The first kappa shape index (κ1) is 13.8. The van der Waals surface area contributed by atoms with Gasteiger partial charge in [0.1, 0.15) is 0 Å². The lowest BCUT2D eigenvalue weighted by Gasteiger charge is -2.39. The Hall–Kier alpha value is -1.22. The Labute approximate surface area is 104 Å². The normalized spacial score (nSPS) is 12.4. The van der Waals surface area contributed by atoms with Crippen LogP contribution >= 0.6 is 0 Å². The highest BCUT2D eigenvalue weighted by molar-refractivity contribution is 5.45. The molecule has 17 heavy (non-hydrogen) atoms. The van der Waals surface area contributed by atoms with Crippen LogP contribution in [0.15, 0.2) is 18.2 Å². The average molecular weight is 237 g/mol. The third-order valence-corrected chi connectivity index (χ3v) is 3.72. The number of hydrogen-bond acceptors (Lipinski definition) is 3. The van der Waals surface area contributed by atoms with Gasteiger partial charge >= 0.3 is 0 Å². The fourth-order valence-corrected chi connectivity index (χ4v) is 1.60. The maximum atomic E-state index is 6.24. The van der Waals surface area contributed by atoms with Crippen molar-refractivity contribution in [1.29, 1.82) is 0 Å². The van der Waals surface area contributed by atoms with Crippen molar-refractivity contribution in [3.63, 3.8) is 0 Å². The van der Waals surface area contributed by atoms with E-state index < -0.39 is 0 Å². The highest BCUT2D eigenvalue weighted by Crippen LogP contribution is 2.37. The summed E-state index contributed by atoms with van der Waals surface area (Å²) in [6.07, 6.45) is 0. The number of hydrogen-bond donors (Lipinski definition) is 1. The van der Waals surface area contributed by atoms with E-state index in [9.17, 15) is 0 Å². The summed E-state index contributed by atoms with van der Waals surface area (Å²) < 4.78 is 10.6. The van der Waals surface area contributed by atoms with Crippen LogP contribution in [0, 0.1) is 0 Å². The molecule has 0 atom stereocenters. The second kappa shape index (κ2) is 4.57. The highest BCUT2D eigenvalue weighted by atomic mass is 16.5. The fraction of sp³-hybridized carbons (Fsp3) is 0.571. The first-order chi connectivity index (χ1) is 7.74. The molecule has 96 valence electrons. The van der Waals surface area contributed by atoms with E-state index in [0.29, 0.717) is 0 Å². The molecular formula is C14H23NO2. The van der Waals surface area contributed by atoms with Crippen LogP contribution in [0.4, 0.5) is 0 Å². The molecule has 0 fully saturated rings. The maximum absolute atomic E-state index is 6.24. The van der Waals surface area contributed by atoms with Gasteiger partial charge in [0.25, 0.3) is 0 Å². The smallest absolute Gasteiger partial charge is 0.161 e. The van der Waals surface area contributed by atoms with E-state index in [1.54, 1.807) is 14.2 Å². The van der Waals surface area contributed by atoms with Crippen LogP contribution in [0.2, 0.25) is 0 Å². The van der Waals surface area contributed by atoms with E-state index >= 15 is 0 Å². The number of ether oxygens (including phenoxy) is 2. The molecule has 0 heterocycles. The van der Waals surface area contributed by atoms with Gasteiger partial charge < -0.3 is 15.2 Å². The first-order valence-electron chi connectivity index (χ1n) is 5.75. The number of rotatable bonds is 4. The molecule has 0 aliphatic rings. The van der Waals surface area contributed by atoms with E-state index in [1.807, 2.05) is 32.0 Å². The van der Waals surface area contributed by atoms with Crippen molar-refractivity contribution in [2.45, 2.75) is 38.6 Å². The van der Waals surface area contributed by atoms with Gasteiger partial charge in [0.05, 0.1) is 14.2 Å². The second-order valence-electron chi connectivity index (χ2n) is 5.42. The molecule has 3 heteroatoms. The Kier molecular flexibility index (Phi) is 3.72. The van der Waals surface area contributed by atoms with Crippen molar-refractivity contribution in [1.82, 2.24) is 0 Å². The SMILES string of the molecule is COc1ccc(C(C)(C)C(C)(C)N)cc1OC. The lowest BCUT2D eigenvalue weighted by atomic mass is 9.70. The summed E-state index contributed by atoms with van der Waals surface area (Å²) in [7, 11) is 3.28. The Morgan fingerprint density at radius 2 is 1.47 bits per heavy atom. The molecule has 0 saturated heterocycles. The fourth-order valence-electron chi connectivity index (χ4n) is 1.60. The molecule has 0 spiro atoms. The number of methoxy groups -OCH3 is 2. The quantitative estimate of drug-likeness (QED) is 0.875. The molecule has 3 nitrogen and oxygen atoms in total. The molecule has 1 rings (SSSR count). The van der Waals surface area contributed by atoms with Crippen LogP contribution in [0.25, 0.3) is 0 Å². The molecule has 0 aromatic heterocycles. The third-order valence-electron chi connectivity index (χ3n) is 3.72. The summed E-state index contributed by atoms with van der Waals surface area (Å²) >= 11 is 0. The maximum Gasteiger partial charge on any atom is 0.161 e. The van der Waals surface area contributed by atoms with Gasteiger partial charge in [0.2, 0.25) is 0 Å². The van der Waals surface area contributed by atoms with Gasteiger partial charge in [-0.15, -0.1) is 0 Å². The molecule has 0 saturated carbocycles. The molecule has 0 aliphatic heterocycles. The summed E-state index contributed by atoms with van der Waals surface area (Å²) in [6.45, 7) is 8.33. The van der Waals surface area contributed by atoms with Gasteiger partial charge in [-0.1, -0.05) is 19.9 Å². The molecule has 1 aromatic rings. The van der Waals surface area contributed by atoms with Crippen molar-refractivity contribution in [2.75, 3.05) is 14.2 Å². The van der Waals surface area contributed by atoms with Crippen LogP contribution in [0.5, 0.6) is 11.5 Å². The summed E-state index contributed by atoms with van der Waals surface area (Å²) in [6, 6.07) is 5.95. The van der Waals surface area contributed by atoms with E-state index in [2.05, 4.69) is 13.8 Å². The van der Waals surface area contributed by atoms with Gasteiger partial charge in [-0.25, -0.2) is 0 Å². The van der Waals surface area contributed by atoms with Crippen molar-refractivity contribution in [3.05, 3.63) is 23.8 Å². The van der Waals surface area contributed by atoms with Gasteiger partial charge in [-0.05, 0) is 31.5 Å². The first-order valence-corrected chi connectivity index (χ1v) is 5.75. The predicted molar refractivity (Wildman–Crippen MR) is 70.8 cm³/mol. The van der Waals surface area contributed by atoms with Gasteiger partial charge in [0.15, 0.2) is 11.5 Å². The topological polar surface area (TPSA) is 44.5 Å². The van der Waals surface area contributed by atoms with Gasteiger partial charge in [0, 0.05) is 11.0 Å². The monoisotopic (exact) mass is 237 g/mol. The third kappa shape index (κ3) is 2.55. The number of benzene rings is 1.